The predicted molar refractivity (Wildman–Crippen MR) is 62.7 cm³/mol. The van der Waals surface area contributed by atoms with Crippen molar-refractivity contribution >= 4 is 23.2 Å². The highest BCUT2D eigenvalue weighted by Crippen LogP contribution is 2.17. The molecule has 1 N–H and O–H groups in total. The number of nitrogens with zero attached hydrogens (tertiary/aromatic N) is 2. The number of benzene rings is 1. The summed E-state index contributed by atoms with van der Waals surface area (Å²) in [5, 5.41) is 3.95. The Kier molecular flexibility index (Phi) is 2.64. The van der Waals surface area contributed by atoms with Gasteiger partial charge in [-0.2, -0.15) is 0 Å². The zero-order valence-electron chi connectivity index (χ0n) is 8.66. The Bertz CT molecular complexity index is 459. The molecule has 0 radical (unpaired) electrons. The van der Waals surface area contributed by atoms with Gasteiger partial charge < -0.3 is 9.88 Å². The van der Waals surface area contributed by atoms with Gasteiger partial charge in [0.15, 0.2) is 0 Å². The van der Waals surface area contributed by atoms with Crippen molar-refractivity contribution in [2.75, 3.05) is 5.32 Å². The standard InChI is InChI=1S/C11H12ClN3/c1-8-7-15(2)11(13-8)14-10-5-3-9(12)4-6-10/h3-7H,1-2H3,(H,13,14). The first-order valence-corrected chi connectivity index (χ1v) is 5.05. The molecule has 1 heterocycles. The van der Waals surface area contributed by atoms with Gasteiger partial charge in [0.2, 0.25) is 5.95 Å². The van der Waals surface area contributed by atoms with E-state index < -0.39 is 0 Å². The van der Waals surface area contributed by atoms with Gasteiger partial charge in [-0.15, -0.1) is 0 Å². The molecule has 0 atom stereocenters. The van der Waals surface area contributed by atoms with Crippen LogP contribution in [0.25, 0.3) is 0 Å². The first kappa shape index (κ1) is 10.1. The fourth-order valence-corrected chi connectivity index (χ4v) is 1.52. The second kappa shape index (κ2) is 3.95. The molecular formula is C11H12ClN3. The van der Waals surface area contributed by atoms with Crippen LogP contribution >= 0.6 is 11.6 Å². The Morgan fingerprint density at radius 3 is 2.47 bits per heavy atom. The summed E-state index contributed by atoms with van der Waals surface area (Å²) in [4.78, 5) is 4.35. The third-order valence-corrected chi connectivity index (χ3v) is 2.35. The first-order valence-electron chi connectivity index (χ1n) is 4.68. The van der Waals surface area contributed by atoms with Gasteiger partial charge >= 0.3 is 0 Å². The third-order valence-electron chi connectivity index (χ3n) is 2.10. The van der Waals surface area contributed by atoms with Gasteiger partial charge in [0.1, 0.15) is 0 Å². The highest BCUT2D eigenvalue weighted by molar-refractivity contribution is 6.30. The molecule has 0 amide bonds. The summed E-state index contributed by atoms with van der Waals surface area (Å²) in [6.45, 7) is 1.97. The molecule has 15 heavy (non-hydrogen) atoms. The fraction of sp³-hybridized carbons (Fsp3) is 0.182. The Morgan fingerprint density at radius 1 is 1.27 bits per heavy atom. The van der Waals surface area contributed by atoms with Gasteiger partial charge in [-0.1, -0.05) is 11.6 Å². The van der Waals surface area contributed by atoms with Crippen LogP contribution in [0, 0.1) is 6.92 Å². The minimum Gasteiger partial charge on any atom is -0.326 e. The maximum atomic E-state index is 5.80. The summed E-state index contributed by atoms with van der Waals surface area (Å²) in [5.41, 5.74) is 1.97. The summed E-state index contributed by atoms with van der Waals surface area (Å²) >= 11 is 5.80. The Balaban J connectivity index is 2.21. The van der Waals surface area contributed by atoms with Crippen molar-refractivity contribution in [3.05, 3.63) is 41.2 Å². The largest absolute Gasteiger partial charge is 0.326 e. The summed E-state index contributed by atoms with van der Waals surface area (Å²) in [6.07, 6.45) is 1.97. The van der Waals surface area contributed by atoms with E-state index in [0.717, 1.165) is 22.4 Å². The van der Waals surface area contributed by atoms with E-state index in [4.69, 9.17) is 11.6 Å². The topological polar surface area (TPSA) is 29.9 Å². The summed E-state index contributed by atoms with van der Waals surface area (Å²) in [6, 6.07) is 7.54. The lowest BCUT2D eigenvalue weighted by atomic mass is 10.3. The molecule has 3 nitrogen and oxygen atoms in total. The number of hydrogen-bond donors (Lipinski definition) is 1. The maximum Gasteiger partial charge on any atom is 0.207 e. The average molecular weight is 222 g/mol. The van der Waals surface area contributed by atoms with Crippen LogP contribution in [-0.2, 0) is 7.05 Å². The normalized spacial score (nSPS) is 10.3. The number of halogens is 1. The van der Waals surface area contributed by atoms with Crippen molar-refractivity contribution < 1.29 is 0 Å². The molecule has 1 aromatic carbocycles. The molecule has 4 heteroatoms. The number of hydrogen-bond acceptors (Lipinski definition) is 2. The number of anilines is 2. The lowest BCUT2D eigenvalue weighted by Crippen LogP contribution is -1.97. The van der Waals surface area contributed by atoms with E-state index in [1.807, 2.05) is 49.0 Å². The van der Waals surface area contributed by atoms with Crippen molar-refractivity contribution in [2.24, 2.45) is 7.05 Å². The van der Waals surface area contributed by atoms with E-state index in [9.17, 15) is 0 Å². The summed E-state index contributed by atoms with van der Waals surface area (Å²) in [5.74, 6) is 0.829. The Morgan fingerprint density at radius 2 is 1.93 bits per heavy atom. The van der Waals surface area contributed by atoms with E-state index in [1.54, 1.807) is 0 Å². The lowest BCUT2D eigenvalue weighted by Gasteiger charge is -2.05. The highest BCUT2D eigenvalue weighted by Gasteiger charge is 2.01. The van der Waals surface area contributed by atoms with Crippen molar-refractivity contribution in [3.63, 3.8) is 0 Å². The lowest BCUT2D eigenvalue weighted by molar-refractivity contribution is 0.924. The van der Waals surface area contributed by atoms with Gasteiger partial charge in [0.25, 0.3) is 0 Å². The maximum absolute atomic E-state index is 5.80. The number of imidazole rings is 1. The van der Waals surface area contributed by atoms with Crippen LogP contribution < -0.4 is 5.32 Å². The van der Waals surface area contributed by atoms with Gasteiger partial charge in [-0.05, 0) is 31.2 Å². The van der Waals surface area contributed by atoms with Crippen LogP contribution in [0.15, 0.2) is 30.5 Å². The van der Waals surface area contributed by atoms with Crippen LogP contribution in [0.1, 0.15) is 5.69 Å². The van der Waals surface area contributed by atoms with Gasteiger partial charge in [-0.25, -0.2) is 4.98 Å². The van der Waals surface area contributed by atoms with Crippen molar-refractivity contribution in [2.45, 2.75) is 6.92 Å². The molecule has 2 aromatic rings. The van der Waals surface area contributed by atoms with Crippen LogP contribution in [0.2, 0.25) is 5.02 Å². The quantitative estimate of drug-likeness (QED) is 0.845. The van der Waals surface area contributed by atoms with Crippen molar-refractivity contribution in [1.29, 1.82) is 0 Å². The molecule has 1 aromatic heterocycles. The molecule has 0 spiro atoms. The van der Waals surface area contributed by atoms with E-state index in [1.165, 1.54) is 0 Å². The monoisotopic (exact) mass is 221 g/mol. The molecule has 0 fully saturated rings. The zero-order valence-corrected chi connectivity index (χ0v) is 9.42. The fourth-order valence-electron chi connectivity index (χ4n) is 1.39. The SMILES string of the molecule is Cc1cn(C)c(Nc2ccc(Cl)cc2)n1. The molecule has 0 aliphatic rings. The molecule has 0 bridgehead atoms. The molecule has 0 saturated heterocycles. The van der Waals surface area contributed by atoms with Crippen LogP contribution in [0.4, 0.5) is 11.6 Å². The third kappa shape index (κ3) is 2.30. The zero-order chi connectivity index (χ0) is 10.8. The molecule has 0 unspecified atom stereocenters. The van der Waals surface area contributed by atoms with Gasteiger partial charge in [-0.3, -0.25) is 0 Å². The second-order valence-electron chi connectivity index (χ2n) is 3.45. The van der Waals surface area contributed by atoms with Crippen LogP contribution in [0.3, 0.4) is 0 Å². The minimum absolute atomic E-state index is 0.733. The van der Waals surface area contributed by atoms with Gasteiger partial charge in [0, 0.05) is 24.0 Å². The Labute approximate surface area is 93.7 Å². The van der Waals surface area contributed by atoms with Crippen molar-refractivity contribution in [3.8, 4) is 0 Å². The van der Waals surface area contributed by atoms with Crippen LogP contribution in [-0.4, -0.2) is 9.55 Å². The van der Waals surface area contributed by atoms with Gasteiger partial charge in [0.05, 0.1) is 5.69 Å². The van der Waals surface area contributed by atoms with Crippen molar-refractivity contribution in [1.82, 2.24) is 9.55 Å². The Hall–Kier alpha value is -1.48. The van der Waals surface area contributed by atoms with Crippen LogP contribution in [0.5, 0.6) is 0 Å². The molecule has 78 valence electrons. The van der Waals surface area contributed by atoms with E-state index in [0.29, 0.717) is 0 Å². The smallest absolute Gasteiger partial charge is 0.207 e. The number of nitrogens with one attached hydrogen (secondary N) is 1. The number of aryl methyl sites for hydroxylation is 2. The molecular weight excluding hydrogens is 210 g/mol. The first-order chi connectivity index (χ1) is 7.15. The second-order valence-corrected chi connectivity index (χ2v) is 3.89. The molecule has 0 saturated carbocycles. The van der Waals surface area contributed by atoms with E-state index in [-0.39, 0.29) is 0 Å². The number of rotatable bonds is 2. The average Bonchev–Trinajstić information content (AvgIpc) is 2.49. The minimum atomic E-state index is 0.733. The molecule has 2 rings (SSSR count). The van der Waals surface area contributed by atoms with E-state index >= 15 is 0 Å². The summed E-state index contributed by atoms with van der Waals surface area (Å²) in [7, 11) is 1.96. The molecule has 0 aliphatic heterocycles. The van der Waals surface area contributed by atoms with E-state index in [2.05, 4.69) is 10.3 Å². The number of aromatic nitrogens is 2. The summed E-state index contributed by atoms with van der Waals surface area (Å²) < 4.78 is 1.95. The molecule has 0 aliphatic carbocycles. The highest BCUT2D eigenvalue weighted by atomic mass is 35.5. The predicted octanol–water partition coefficient (Wildman–Crippen LogP) is 3.13.